The standard InChI is InChI=1S/C10H6N2O2/c11-4-6-2-1-3-8-9(6)7(5-12-8)10(13)14/h1-3,5,12H,(H,13,14). The van der Waals surface area contributed by atoms with Crippen molar-refractivity contribution in [2.24, 2.45) is 0 Å². The molecule has 0 atom stereocenters. The molecule has 4 heteroatoms. The summed E-state index contributed by atoms with van der Waals surface area (Å²) in [7, 11) is 0. The molecular formula is C10H6N2O2. The maximum atomic E-state index is 10.8. The topological polar surface area (TPSA) is 76.9 Å². The van der Waals surface area contributed by atoms with E-state index in [9.17, 15) is 4.79 Å². The number of nitrogens with one attached hydrogen (secondary N) is 1. The SMILES string of the molecule is N#Cc1cccc2[nH]cc(C(=O)O)c12. The van der Waals surface area contributed by atoms with Crippen molar-refractivity contribution in [2.45, 2.75) is 0 Å². The summed E-state index contributed by atoms with van der Waals surface area (Å²) in [5.41, 5.74) is 1.18. The Bertz CT molecular complexity index is 549. The van der Waals surface area contributed by atoms with E-state index in [0.29, 0.717) is 16.5 Å². The third-order valence-electron chi connectivity index (χ3n) is 2.06. The van der Waals surface area contributed by atoms with Crippen molar-refractivity contribution in [3.8, 4) is 6.07 Å². The number of benzene rings is 1. The van der Waals surface area contributed by atoms with Crippen LogP contribution in [0.2, 0.25) is 0 Å². The third kappa shape index (κ3) is 1.04. The Labute approximate surface area is 79.4 Å². The predicted molar refractivity (Wildman–Crippen MR) is 50.0 cm³/mol. The molecule has 0 amide bonds. The van der Waals surface area contributed by atoms with Crippen LogP contribution in [-0.2, 0) is 0 Å². The highest BCUT2D eigenvalue weighted by Gasteiger charge is 2.13. The Kier molecular flexibility index (Phi) is 1.72. The number of hydrogen-bond donors (Lipinski definition) is 2. The molecule has 2 aromatic rings. The van der Waals surface area contributed by atoms with E-state index >= 15 is 0 Å². The molecule has 0 saturated carbocycles. The Balaban J connectivity index is 2.89. The molecule has 0 aliphatic rings. The molecule has 0 unspecified atom stereocenters. The molecule has 4 nitrogen and oxygen atoms in total. The first-order valence-electron chi connectivity index (χ1n) is 3.97. The number of H-pyrrole nitrogens is 1. The molecular weight excluding hydrogens is 180 g/mol. The number of aromatic nitrogens is 1. The Morgan fingerprint density at radius 2 is 2.29 bits per heavy atom. The van der Waals surface area contributed by atoms with Gasteiger partial charge in [0.05, 0.1) is 17.2 Å². The second kappa shape index (κ2) is 2.89. The Morgan fingerprint density at radius 1 is 1.50 bits per heavy atom. The highest BCUT2D eigenvalue weighted by molar-refractivity contribution is 6.05. The molecule has 0 bridgehead atoms. The average Bonchev–Trinajstić information content (AvgIpc) is 2.60. The Morgan fingerprint density at radius 3 is 2.93 bits per heavy atom. The molecule has 0 aliphatic carbocycles. The van der Waals surface area contributed by atoms with Gasteiger partial charge in [0.1, 0.15) is 0 Å². The van der Waals surface area contributed by atoms with Crippen LogP contribution < -0.4 is 0 Å². The lowest BCUT2D eigenvalue weighted by atomic mass is 10.1. The van der Waals surface area contributed by atoms with Crippen LogP contribution in [0.3, 0.4) is 0 Å². The number of fused-ring (bicyclic) bond motifs is 1. The van der Waals surface area contributed by atoms with Crippen molar-refractivity contribution in [2.75, 3.05) is 0 Å². The first kappa shape index (κ1) is 8.32. The first-order chi connectivity index (χ1) is 6.74. The van der Waals surface area contributed by atoms with Gasteiger partial charge in [-0.1, -0.05) is 6.07 Å². The summed E-state index contributed by atoms with van der Waals surface area (Å²) >= 11 is 0. The van der Waals surface area contributed by atoms with Crippen molar-refractivity contribution in [1.29, 1.82) is 5.26 Å². The monoisotopic (exact) mass is 186 g/mol. The number of aromatic amines is 1. The van der Waals surface area contributed by atoms with Crippen molar-refractivity contribution in [3.63, 3.8) is 0 Å². The van der Waals surface area contributed by atoms with Gasteiger partial charge in [0.15, 0.2) is 0 Å². The number of rotatable bonds is 1. The average molecular weight is 186 g/mol. The van der Waals surface area contributed by atoms with Crippen LogP contribution >= 0.6 is 0 Å². The fourth-order valence-corrected chi connectivity index (χ4v) is 1.45. The number of nitriles is 1. The molecule has 1 aromatic heterocycles. The van der Waals surface area contributed by atoms with Gasteiger partial charge < -0.3 is 10.1 Å². The van der Waals surface area contributed by atoms with Crippen LogP contribution in [0.25, 0.3) is 10.9 Å². The van der Waals surface area contributed by atoms with E-state index < -0.39 is 5.97 Å². The summed E-state index contributed by atoms with van der Waals surface area (Å²) in [6.07, 6.45) is 1.40. The molecule has 0 radical (unpaired) electrons. The summed E-state index contributed by atoms with van der Waals surface area (Å²) in [6, 6.07) is 7.02. The largest absolute Gasteiger partial charge is 0.478 e. The minimum atomic E-state index is -1.03. The van der Waals surface area contributed by atoms with Gasteiger partial charge in [0.25, 0.3) is 0 Å². The van der Waals surface area contributed by atoms with Gasteiger partial charge in [-0.3, -0.25) is 0 Å². The summed E-state index contributed by atoms with van der Waals surface area (Å²) in [5.74, 6) is -1.03. The van der Waals surface area contributed by atoms with Gasteiger partial charge >= 0.3 is 5.97 Å². The van der Waals surface area contributed by atoms with Gasteiger partial charge in [0.2, 0.25) is 0 Å². The molecule has 0 fully saturated rings. The van der Waals surface area contributed by atoms with E-state index in [1.54, 1.807) is 18.2 Å². The smallest absolute Gasteiger partial charge is 0.337 e. The van der Waals surface area contributed by atoms with E-state index in [-0.39, 0.29) is 5.56 Å². The maximum Gasteiger partial charge on any atom is 0.337 e. The Hall–Kier alpha value is -2.28. The van der Waals surface area contributed by atoms with E-state index in [4.69, 9.17) is 10.4 Å². The first-order valence-corrected chi connectivity index (χ1v) is 3.97. The molecule has 0 spiro atoms. The van der Waals surface area contributed by atoms with Crippen LogP contribution in [0.4, 0.5) is 0 Å². The highest BCUT2D eigenvalue weighted by Crippen LogP contribution is 2.21. The maximum absolute atomic E-state index is 10.8. The van der Waals surface area contributed by atoms with E-state index in [1.807, 2.05) is 6.07 Å². The van der Waals surface area contributed by atoms with E-state index in [2.05, 4.69) is 4.98 Å². The summed E-state index contributed by atoms with van der Waals surface area (Å²) < 4.78 is 0. The lowest BCUT2D eigenvalue weighted by Crippen LogP contribution is -1.94. The number of carboxylic acids is 1. The zero-order valence-electron chi connectivity index (χ0n) is 7.11. The highest BCUT2D eigenvalue weighted by atomic mass is 16.4. The number of carboxylic acid groups (broad SMARTS) is 1. The minimum absolute atomic E-state index is 0.136. The predicted octanol–water partition coefficient (Wildman–Crippen LogP) is 1.74. The van der Waals surface area contributed by atoms with E-state index in [1.165, 1.54) is 6.20 Å². The van der Waals surface area contributed by atoms with Crippen molar-refractivity contribution in [1.82, 2.24) is 4.98 Å². The molecule has 0 aliphatic heterocycles. The van der Waals surface area contributed by atoms with Crippen LogP contribution in [0.5, 0.6) is 0 Å². The molecule has 2 N–H and O–H groups in total. The summed E-state index contributed by atoms with van der Waals surface area (Å²) in [5, 5.41) is 18.1. The fourth-order valence-electron chi connectivity index (χ4n) is 1.45. The number of nitrogens with zero attached hydrogens (tertiary/aromatic N) is 1. The lowest BCUT2D eigenvalue weighted by Gasteiger charge is -1.94. The molecule has 0 saturated heterocycles. The molecule has 68 valence electrons. The minimum Gasteiger partial charge on any atom is -0.478 e. The third-order valence-corrected chi connectivity index (χ3v) is 2.06. The number of hydrogen-bond acceptors (Lipinski definition) is 2. The van der Waals surface area contributed by atoms with Crippen molar-refractivity contribution in [3.05, 3.63) is 35.5 Å². The van der Waals surface area contributed by atoms with Crippen LogP contribution in [-0.4, -0.2) is 16.1 Å². The van der Waals surface area contributed by atoms with Crippen LogP contribution in [0, 0.1) is 11.3 Å². The van der Waals surface area contributed by atoms with Gasteiger partial charge in [-0.2, -0.15) is 5.26 Å². The summed E-state index contributed by atoms with van der Waals surface area (Å²) in [6.45, 7) is 0. The molecule has 1 aromatic carbocycles. The van der Waals surface area contributed by atoms with Crippen molar-refractivity contribution >= 4 is 16.9 Å². The normalized spacial score (nSPS) is 9.93. The van der Waals surface area contributed by atoms with Crippen LogP contribution in [0.1, 0.15) is 15.9 Å². The quantitative estimate of drug-likeness (QED) is 0.712. The second-order valence-corrected chi connectivity index (χ2v) is 2.85. The molecule has 2 rings (SSSR count). The zero-order valence-corrected chi connectivity index (χ0v) is 7.11. The van der Waals surface area contributed by atoms with Gasteiger partial charge in [-0.05, 0) is 12.1 Å². The zero-order chi connectivity index (χ0) is 10.1. The van der Waals surface area contributed by atoms with Crippen molar-refractivity contribution < 1.29 is 9.90 Å². The number of carbonyl (C=O) groups is 1. The molecule has 1 heterocycles. The fraction of sp³-hybridized carbons (Fsp3) is 0. The van der Waals surface area contributed by atoms with Gasteiger partial charge in [-0.15, -0.1) is 0 Å². The van der Waals surface area contributed by atoms with Gasteiger partial charge in [-0.25, -0.2) is 4.79 Å². The number of aromatic carboxylic acids is 1. The van der Waals surface area contributed by atoms with Crippen LogP contribution in [0.15, 0.2) is 24.4 Å². The molecule has 14 heavy (non-hydrogen) atoms. The van der Waals surface area contributed by atoms with E-state index in [0.717, 1.165) is 0 Å². The second-order valence-electron chi connectivity index (χ2n) is 2.85. The lowest BCUT2D eigenvalue weighted by molar-refractivity contribution is 0.0699. The van der Waals surface area contributed by atoms with Gasteiger partial charge in [0, 0.05) is 17.1 Å². The summed E-state index contributed by atoms with van der Waals surface area (Å²) in [4.78, 5) is 13.6.